The Labute approximate surface area is 135 Å². The highest BCUT2D eigenvalue weighted by atomic mass is 16.1. The molecule has 0 spiro atoms. The smallest absolute Gasteiger partial charge is 0.261 e. The Morgan fingerprint density at radius 2 is 1.83 bits per heavy atom. The molecule has 2 aromatic carbocycles. The third-order valence-corrected chi connectivity index (χ3v) is 4.64. The van der Waals surface area contributed by atoms with Gasteiger partial charge in [0.05, 0.1) is 10.9 Å². The van der Waals surface area contributed by atoms with E-state index in [1.807, 2.05) is 28.8 Å². The molecule has 116 valence electrons. The summed E-state index contributed by atoms with van der Waals surface area (Å²) in [6.45, 7) is 0.735. The molecule has 1 aliphatic rings. The van der Waals surface area contributed by atoms with E-state index in [0.717, 1.165) is 24.3 Å². The average Bonchev–Trinajstić information content (AvgIpc) is 2.99. The number of para-hydroxylation sites is 2. The highest BCUT2D eigenvalue weighted by Gasteiger charge is 2.29. The molecule has 4 rings (SSSR count). The van der Waals surface area contributed by atoms with Crippen molar-refractivity contribution in [1.29, 1.82) is 0 Å². The van der Waals surface area contributed by atoms with Crippen LogP contribution in [0.3, 0.4) is 0 Å². The van der Waals surface area contributed by atoms with Crippen LogP contribution >= 0.6 is 0 Å². The first kappa shape index (κ1) is 14.0. The van der Waals surface area contributed by atoms with Crippen molar-refractivity contribution in [2.45, 2.75) is 18.9 Å². The zero-order chi connectivity index (χ0) is 16.0. The molecule has 0 aliphatic carbocycles. The van der Waals surface area contributed by atoms with Gasteiger partial charge in [0.25, 0.3) is 5.56 Å². The first-order chi connectivity index (χ1) is 11.2. The number of hydrogen-bond donors (Lipinski definition) is 0. The van der Waals surface area contributed by atoms with Gasteiger partial charge in [0.15, 0.2) is 0 Å². The number of nitrogens with zero attached hydrogens (tertiary/aromatic N) is 3. The van der Waals surface area contributed by atoms with Gasteiger partial charge < -0.3 is 4.90 Å². The van der Waals surface area contributed by atoms with Crippen molar-refractivity contribution in [3.05, 3.63) is 70.3 Å². The van der Waals surface area contributed by atoms with Crippen molar-refractivity contribution in [3.63, 3.8) is 0 Å². The molecule has 0 bridgehead atoms. The first-order valence-corrected chi connectivity index (χ1v) is 7.92. The largest absolute Gasteiger partial charge is 0.377 e. The molecule has 0 fully saturated rings. The van der Waals surface area contributed by atoms with Gasteiger partial charge in [-0.1, -0.05) is 30.3 Å². The van der Waals surface area contributed by atoms with Gasteiger partial charge in [0.1, 0.15) is 5.82 Å². The monoisotopic (exact) mass is 305 g/mol. The van der Waals surface area contributed by atoms with E-state index in [1.54, 1.807) is 0 Å². The van der Waals surface area contributed by atoms with E-state index in [9.17, 15) is 4.79 Å². The second-order valence-electron chi connectivity index (χ2n) is 6.24. The maximum atomic E-state index is 12.7. The minimum absolute atomic E-state index is 0.0791. The zero-order valence-electron chi connectivity index (χ0n) is 13.4. The Balaban J connectivity index is 1.93. The molecule has 1 aliphatic heterocycles. The molecule has 0 amide bonds. The maximum Gasteiger partial charge on any atom is 0.261 e. The van der Waals surface area contributed by atoms with Crippen molar-refractivity contribution < 1.29 is 0 Å². The van der Waals surface area contributed by atoms with E-state index in [0.29, 0.717) is 5.39 Å². The van der Waals surface area contributed by atoms with Crippen molar-refractivity contribution in [2.24, 2.45) is 0 Å². The van der Waals surface area contributed by atoms with Gasteiger partial charge in [0, 0.05) is 32.2 Å². The first-order valence-electron chi connectivity index (χ1n) is 7.92. The fraction of sp³-hybridized carbons (Fsp3) is 0.263. The predicted octanol–water partition coefficient (Wildman–Crippen LogP) is 3.00. The minimum Gasteiger partial charge on any atom is -0.377 e. The Kier molecular flexibility index (Phi) is 3.18. The second-order valence-corrected chi connectivity index (χ2v) is 6.24. The van der Waals surface area contributed by atoms with Crippen LogP contribution in [0, 0.1) is 0 Å². The lowest BCUT2D eigenvalue weighted by Crippen LogP contribution is -2.21. The van der Waals surface area contributed by atoms with Crippen LogP contribution < -0.4 is 10.5 Å². The molecule has 0 saturated heterocycles. The number of hydrogen-bond acceptors (Lipinski definition) is 3. The number of rotatable bonds is 2. The van der Waals surface area contributed by atoms with E-state index in [1.165, 1.54) is 11.3 Å². The predicted molar refractivity (Wildman–Crippen MR) is 93.2 cm³/mol. The zero-order valence-corrected chi connectivity index (χ0v) is 13.4. The van der Waals surface area contributed by atoms with E-state index in [2.05, 4.69) is 43.3 Å². The third-order valence-electron chi connectivity index (χ3n) is 4.64. The maximum absolute atomic E-state index is 12.7. The van der Waals surface area contributed by atoms with Crippen LogP contribution in [0.2, 0.25) is 0 Å². The highest BCUT2D eigenvalue weighted by Crippen LogP contribution is 2.37. The topological polar surface area (TPSA) is 38.1 Å². The van der Waals surface area contributed by atoms with E-state index in [-0.39, 0.29) is 11.5 Å². The summed E-state index contributed by atoms with van der Waals surface area (Å²) < 4.78 is 1.85. The lowest BCUT2D eigenvalue weighted by atomic mass is 9.95. The Morgan fingerprint density at radius 3 is 2.65 bits per heavy atom. The molecular formula is C19H19N3O. The SMILES string of the molecule is CN(C)c1ccccc1[C@H]1CCn2c1nc1ccccc1c2=O. The second kappa shape index (κ2) is 5.23. The summed E-state index contributed by atoms with van der Waals surface area (Å²) in [5.74, 6) is 1.06. The molecule has 4 heteroatoms. The third kappa shape index (κ3) is 2.13. The summed E-state index contributed by atoms with van der Waals surface area (Å²) in [7, 11) is 4.10. The number of benzene rings is 2. The molecule has 0 saturated carbocycles. The summed E-state index contributed by atoms with van der Waals surface area (Å²) in [5.41, 5.74) is 3.30. The molecule has 23 heavy (non-hydrogen) atoms. The lowest BCUT2D eigenvalue weighted by Gasteiger charge is -2.21. The van der Waals surface area contributed by atoms with E-state index < -0.39 is 0 Å². The lowest BCUT2D eigenvalue weighted by molar-refractivity contribution is 0.707. The summed E-state index contributed by atoms with van der Waals surface area (Å²) in [6.07, 6.45) is 0.920. The highest BCUT2D eigenvalue weighted by molar-refractivity contribution is 5.77. The molecule has 1 aromatic heterocycles. The van der Waals surface area contributed by atoms with Crippen LogP contribution in [0.5, 0.6) is 0 Å². The quantitative estimate of drug-likeness (QED) is 0.730. The van der Waals surface area contributed by atoms with Gasteiger partial charge in [-0.05, 0) is 30.2 Å². The molecule has 1 atom stereocenters. The number of aromatic nitrogens is 2. The normalized spacial score (nSPS) is 16.5. The van der Waals surface area contributed by atoms with Crippen LogP contribution in [0.1, 0.15) is 23.7 Å². The van der Waals surface area contributed by atoms with Crippen LogP contribution in [0.25, 0.3) is 10.9 Å². The fourth-order valence-electron chi connectivity index (χ4n) is 3.54. The van der Waals surface area contributed by atoms with E-state index in [4.69, 9.17) is 4.98 Å². The summed E-state index contributed by atoms with van der Waals surface area (Å²) >= 11 is 0. The van der Waals surface area contributed by atoms with Gasteiger partial charge in [-0.3, -0.25) is 9.36 Å². The number of anilines is 1. The van der Waals surface area contributed by atoms with Crippen LogP contribution in [-0.2, 0) is 6.54 Å². The summed E-state index contributed by atoms with van der Waals surface area (Å²) in [6, 6.07) is 16.0. The summed E-state index contributed by atoms with van der Waals surface area (Å²) in [4.78, 5) is 19.7. The summed E-state index contributed by atoms with van der Waals surface area (Å²) in [5, 5.41) is 0.706. The molecule has 0 radical (unpaired) electrons. The molecular weight excluding hydrogens is 286 g/mol. The standard InChI is InChI=1S/C19H19N3O/c1-21(2)17-10-6-4-7-13(17)14-11-12-22-18(14)20-16-9-5-3-8-15(16)19(22)23/h3-10,14H,11-12H2,1-2H3/t14-/m1/s1. The van der Waals surface area contributed by atoms with Crippen LogP contribution in [-0.4, -0.2) is 23.6 Å². The molecule has 3 aromatic rings. The molecule has 0 unspecified atom stereocenters. The molecule has 2 heterocycles. The average molecular weight is 305 g/mol. The van der Waals surface area contributed by atoms with Crippen molar-refractivity contribution in [1.82, 2.24) is 9.55 Å². The number of fused-ring (bicyclic) bond motifs is 2. The Morgan fingerprint density at radius 1 is 1.09 bits per heavy atom. The minimum atomic E-state index is 0.0791. The Bertz CT molecular complexity index is 943. The Hall–Kier alpha value is -2.62. The molecule has 0 N–H and O–H groups in total. The van der Waals surface area contributed by atoms with Gasteiger partial charge in [-0.2, -0.15) is 0 Å². The van der Waals surface area contributed by atoms with Crippen molar-refractivity contribution in [2.75, 3.05) is 19.0 Å². The van der Waals surface area contributed by atoms with Gasteiger partial charge in [0.2, 0.25) is 0 Å². The van der Waals surface area contributed by atoms with Crippen LogP contribution in [0.15, 0.2) is 53.3 Å². The van der Waals surface area contributed by atoms with Crippen LogP contribution in [0.4, 0.5) is 5.69 Å². The van der Waals surface area contributed by atoms with Crippen molar-refractivity contribution >= 4 is 16.6 Å². The van der Waals surface area contributed by atoms with Crippen molar-refractivity contribution in [3.8, 4) is 0 Å². The molecule has 4 nitrogen and oxygen atoms in total. The van der Waals surface area contributed by atoms with Gasteiger partial charge in [-0.25, -0.2) is 4.98 Å². The van der Waals surface area contributed by atoms with Gasteiger partial charge in [-0.15, -0.1) is 0 Å². The van der Waals surface area contributed by atoms with Gasteiger partial charge >= 0.3 is 0 Å². The van der Waals surface area contributed by atoms with E-state index >= 15 is 0 Å². The fourth-order valence-corrected chi connectivity index (χ4v) is 3.54.